The lowest BCUT2D eigenvalue weighted by atomic mass is 10.2. The molecule has 0 aliphatic heterocycles. The Morgan fingerprint density at radius 2 is 2.36 bits per heavy atom. The molecule has 0 aliphatic rings. The number of thiazole rings is 1. The highest BCUT2D eigenvalue weighted by Crippen LogP contribution is 2.25. The van der Waals surface area contributed by atoms with Crippen LogP contribution in [0.25, 0.3) is 10.2 Å². The summed E-state index contributed by atoms with van der Waals surface area (Å²) in [7, 11) is 0. The predicted molar refractivity (Wildman–Crippen MR) is 49.7 cm³/mol. The van der Waals surface area contributed by atoms with Crippen LogP contribution in [-0.4, -0.2) is 11.3 Å². The molecule has 0 fully saturated rings. The lowest BCUT2D eigenvalue weighted by molar-refractivity contribution is 0.112. The second kappa shape index (κ2) is 3.16. The van der Waals surface area contributed by atoms with Gasteiger partial charge in [0.25, 0.3) is 0 Å². The molecule has 2 rings (SSSR count). The second-order valence-electron chi connectivity index (χ2n) is 2.59. The summed E-state index contributed by atoms with van der Waals surface area (Å²) in [6, 6.07) is 4.20. The fourth-order valence-corrected chi connectivity index (χ4v) is 1.98. The zero-order valence-electron chi connectivity index (χ0n) is 6.82. The number of fused-ring (bicyclic) bond motifs is 1. The smallest absolute Gasteiger partial charge is 0.195 e. The van der Waals surface area contributed by atoms with Gasteiger partial charge in [0.15, 0.2) is 11.3 Å². The van der Waals surface area contributed by atoms with Gasteiger partial charge in [-0.05, 0) is 6.07 Å². The third-order valence-corrected chi connectivity index (χ3v) is 2.73. The SMILES string of the molecule is N#Cc1nc2cc(F)cc(C=O)c2s1. The molecule has 68 valence electrons. The number of hydrogen-bond donors (Lipinski definition) is 0. The minimum absolute atomic E-state index is 0.230. The molecule has 0 saturated carbocycles. The summed E-state index contributed by atoms with van der Waals surface area (Å²) in [5.74, 6) is -0.519. The number of nitrogens with zero attached hydrogens (tertiary/aromatic N) is 2. The molecule has 0 atom stereocenters. The predicted octanol–water partition coefficient (Wildman–Crippen LogP) is 2.12. The van der Waals surface area contributed by atoms with Gasteiger partial charge in [-0.3, -0.25) is 4.79 Å². The van der Waals surface area contributed by atoms with Crippen LogP contribution in [0.15, 0.2) is 12.1 Å². The number of benzene rings is 1. The summed E-state index contributed by atoms with van der Waals surface area (Å²) >= 11 is 1.09. The lowest BCUT2D eigenvalue weighted by Gasteiger charge is -1.92. The molecule has 5 heteroatoms. The molecule has 0 spiro atoms. The van der Waals surface area contributed by atoms with E-state index in [1.807, 2.05) is 6.07 Å². The van der Waals surface area contributed by atoms with Gasteiger partial charge in [0, 0.05) is 11.6 Å². The molecule has 14 heavy (non-hydrogen) atoms. The second-order valence-corrected chi connectivity index (χ2v) is 3.59. The Labute approximate surface area is 82.4 Å². The first-order valence-corrected chi connectivity index (χ1v) is 4.51. The van der Waals surface area contributed by atoms with Gasteiger partial charge in [0.05, 0.1) is 10.2 Å². The largest absolute Gasteiger partial charge is 0.298 e. The van der Waals surface area contributed by atoms with Gasteiger partial charge in [-0.15, -0.1) is 11.3 Å². The summed E-state index contributed by atoms with van der Waals surface area (Å²) in [5, 5.41) is 8.82. The van der Waals surface area contributed by atoms with E-state index >= 15 is 0 Å². The highest BCUT2D eigenvalue weighted by molar-refractivity contribution is 7.19. The van der Waals surface area contributed by atoms with E-state index in [9.17, 15) is 9.18 Å². The van der Waals surface area contributed by atoms with E-state index in [0.29, 0.717) is 16.5 Å². The van der Waals surface area contributed by atoms with E-state index in [1.165, 1.54) is 6.07 Å². The van der Waals surface area contributed by atoms with Crippen LogP contribution in [0.5, 0.6) is 0 Å². The molecule has 1 aromatic carbocycles. The molecule has 0 saturated heterocycles. The molecule has 0 unspecified atom stereocenters. The monoisotopic (exact) mass is 206 g/mol. The van der Waals surface area contributed by atoms with Crippen molar-refractivity contribution in [3.63, 3.8) is 0 Å². The molecule has 3 nitrogen and oxygen atoms in total. The average Bonchev–Trinajstić information content (AvgIpc) is 2.59. The van der Waals surface area contributed by atoms with Crippen LogP contribution >= 0.6 is 11.3 Å². The van der Waals surface area contributed by atoms with E-state index in [4.69, 9.17) is 5.26 Å². The molecule has 0 aliphatic carbocycles. The van der Waals surface area contributed by atoms with E-state index < -0.39 is 5.82 Å². The molecule has 0 amide bonds. The first-order chi connectivity index (χ1) is 6.74. The van der Waals surface area contributed by atoms with Crippen molar-refractivity contribution in [2.75, 3.05) is 0 Å². The first-order valence-electron chi connectivity index (χ1n) is 3.70. The van der Waals surface area contributed by atoms with Gasteiger partial charge >= 0.3 is 0 Å². The zero-order valence-corrected chi connectivity index (χ0v) is 7.64. The summed E-state index contributed by atoms with van der Waals surface area (Å²) < 4.78 is 13.5. The average molecular weight is 206 g/mol. The van der Waals surface area contributed by atoms with Crippen LogP contribution in [0.3, 0.4) is 0 Å². The fraction of sp³-hybridized carbons (Fsp3) is 0. The van der Waals surface area contributed by atoms with Crippen LogP contribution in [-0.2, 0) is 0 Å². The van der Waals surface area contributed by atoms with Gasteiger partial charge in [-0.2, -0.15) is 5.26 Å². The van der Waals surface area contributed by atoms with Crippen LogP contribution in [0, 0.1) is 17.1 Å². The highest BCUT2D eigenvalue weighted by atomic mass is 32.1. The molecule has 0 bridgehead atoms. The number of carbonyl (C=O) groups excluding carboxylic acids is 1. The van der Waals surface area contributed by atoms with Crippen LogP contribution < -0.4 is 0 Å². The Kier molecular flexibility index (Phi) is 1.98. The van der Waals surface area contributed by atoms with Crippen molar-refractivity contribution in [1.82, 2.24) is 4.98 Å². The van der Waals surface area contributed by atoms with Gasteiger partial charge in [0.1, 0.15) is 11.9 Å². The van der Waals surface area contributed by atoms with Crippen molar-refractivity contribution >= 4 is 27.8 Å². The summed E-state index contributed by atoms with van der Waals surface area (Å²) in [5.41, 5.74) is 0.590. The van der Waals surface area contributed by atoms with Crippen molar-refractivity contribution < 1.29 is 9.18 Å². The summed E-state index contributed by atoms with van der Waals surface area (Å²) in [6.07, 6.45) is 0.560. The molecular weight excluding hydrogens is 203 g/mol. The first kappa shape index (κ1) is 8.78. The van der Waals surface area contributed by atoms with Gasteiger partial charge < -0.3 is 0 Å². The highest BCUT2D eigenvalue weighted by Gasteiger charge is 2.09. The van der Waals surface area contributed by atoms with Crippen molar-refractivity contribution in [3.05, 3.63) is 28.5 Å². The molecule has 1 heterocycles. The summed E-state index contributed by atoms with van der Waals surface area (Å²) in [6.45, 7) is 0. The lowest BCUT2D eigenvalue weighted by Crippen LogP contribution is -1.83. The Balaban J connectivity index is 2.86. The zero-order chi connectivity index (χ0) is 10.1. The molecule has 2 aromatic rings. The Morgan fingerprint density at radius 3 is 3.00 bits per heavy atom. The van der Waals surface area contributed by atoms with Crippen molar-refractivity contribution in [2.45, 2.75) is 0 Å². The standard InChI is InChI=1S/C9H3FN2OS/c10-6-1-5(4-13)9-7(2-6)12-8(3-11)14-9/h1-2,4H. The third-order valence-electron chi connectivity index (χ3n) is 1.71. The maximum Gasteiger partial charge on any atom is 0.195 e. The molecule has 0 N–H and O–H groups in total. The Morgan fingerprint density at radius 1 is 1.57 bits per heavy atom. The minimum atomic E-state index is -0.519. The maximum absolute atomic E-state index is 12.9. The normalized spacial score (nSPS) is 10.0. The van der Waals surface area contributed by atoms with Gasteiger partial charge in [-0.25, -0.2) is 9.37 Å². The Bertz CT molecular complexity index is 556. The van der Waals surface area contributed by atoms with Gasteiger partial charge in [-0.1, -0.05) is 0 Å². The number of nitriles is 1. The van der Waals surface area contributed by atoms with E-state index in [0.717, 1.165) is 17.4 Å². The number of hydrogen-bond acceptors (Lipinski definition) is 4. The van der Waals surface area contributed by atoms with Crippen LogP contribution in [0.2, 0.25) is 0 Å². The fourth-order valence-electron chi connectivity index (χ4n) is 1.16. The maximum atomic E-state index is 12.9. The number of aldehydes is 1. The number of carbonyl (C=O) groups is 1. The van der Waals surface area contributed by atoms with Crippen LogP contribution in [0.4, 0.5) is 4.39 Å². The number of aromatic nitrogens is 1. The Hall–Kier alpha value is -1.80. The molecule has 0 radical (unpaired) electrons. The number of rotatable bonds is 1. The van der Waals surface area contributed by atoms with Crippen molar-refractivity contribution in [3.8, 4) is 6.07 Å². The third kappa shape index (κ3) is 1.26. The minimum Gasteiger partial charge on any atom is -0.298 e. The van der Waals surface area contributed by atoms with Crippen molar-refractivity contribution in [2.24, 2.45) is 0 Å². The quantitative estimate of drug-likeness (QED) is 0.671. The van der Waals surface area contributed by atoms with Crippen LogP contribution in [0.1, 0.15) is 15.4 Å². The number of halogens is 1. The summed E-state index contributed by atoms with van der Waals surface area (Å²) in [4.78, 5) is 14.5. The molecular formula is C9H3FN2OS. The van der Waals surface area contributed by atoms with E-state index in [2.05, 4.69) is 4.98 Å². The van der Waals surface area contributed by atoms with Gasteiger partial charge in [0.2, 0.25) is 0 Å². The molecule has 1 aromatic heterocycles. The topological polar surface area (TPSA) is 53.8 Å². The van der Waals surface area contributed by atoms with E-state index in [-0.39, 0.29) is 10.6 Å². The van der Waals surface area contributed by atoms with Crippen molar-refractivity contribution in [1.29, 1.82) is 5.26 Å². The van der Waals surface area contributed by atoms with E-state index in [1.54, 1.807) is 0 Å².